The van der Waals surface area contributed by atoms with Crippen molar-refractivity contribution in [3.05, 3.63) is 65.7 Å². The number of amides is 1. The molecule has 1 saturated heterocycles. The van der Waals surface area contributed by atoms with Gasteiger partial charge in [0.1, 0.15) is 6.04 Å². The Hall–Kier alpha value is -2.21. The summed E-state index contributed by atoms with van der Waals surface area (Å²) in [6.07, 6.45) is 0. The molecule has 0 unspecified atom stereocenters. The molecule has 3 rings (SSSR count). The summed E-state index contributed by atoms with van der Waals surface area (Å²) in [6, 6.07) is 17.7. The fourth-order valence-electron chi connectivity index (χ4n) is 3.48. The molecule has 5 nitrogen and oxygen atoms in total. The summed E-state index contributed by atoms with van der Waals surface area (Å²) in [5.41, 5.74) is 3.05. The molecule has 2 aromatic carbocycles. The highest BCUT2D eigenvalue weighted by Gasteiger charge is 2.30. The van der Waals surface area contributed by atoms with Crippen LogP contribution in [-0.2, 0) is 9.53 Å². The highest BCUT2D eigenvalue weighted by molar-refractivity contribution is 5.95. The highest BCUT2D eigenvalue weighted by atomic mass is 16.5. The summed E-state index contributed by atoms with van der Waals surface area (Å²) >= 11 is 0. The van der Waals surface area contributed by atoms with Crippen molar-refractivity contribution < 1.29 is 9.53 Å². The van der Waals surface area contributed by atoms with E-state index in [2.05, 4.69) is 15.1 Å². The van der Waals surface area contributed by atoms with Crippen LogP contribution < -0.4 is 5.32 Å². The van der Waals surface area contributed by atoms with Crippen LogP contribution in [0.1, 0.15) is 17.2 Å². The normalized spacial score (nSPS) is 16.8. The topological polar surface area (TPSA) is 44.8 Å². The number of nitrogens with one attached hydrogen (secondary N) is 1. The van der Waals surface area contributed by atoms with Crippen molar-refractivity contribution in [2.45, 2.75) is 13.0 Å². The van der Waals surface area contributed by atoms with Gasteiger partial charge >= 0.3 is 0 Å². The highest BCUT2D eigenvalue weighted by Crippen LogP contribution is 2.24. The molecule has 0 spiro atoms. The molecular formula is C22H29N3O2. The van der Waals surface area contributed by atoms with Crippen molar-refractivity contribution in [3.63, 3.8) is 0 Å². The predicted molar refractivity (Wildman–Crippen MR) is 109 cm³/mol. The fraction of sp³-hybridized carbons (Fsp3) is 0.409. The molecule has 1 heterocycles. The molecule has 27 heavy (non-hydrogen) atoms. The molecular weight excluding hydrogens is 338 g/mol. The zero-order chi connectivity index (χ0) is 19.1. The van der Waals surface area contributed by atoms with Crippen molar-refractivity contribution in [1.29, 1.82) is 0 Å². The maximum atomic E-state index is 13.2. The SMILES string of the molecule is COCCN1CCN([C@@H](C(=O)Nc2ccc(C)cc2)c2ccccc2)CC1. The van der Waals surface area contributed by atoms with Crippen molar-refractivity contribution in [2.24, 2.45) is 0 Å². The van der Waals surface area contributed by atoms with E-state index < -0.39 is 0 Å². The minimum Gasteiger partial charge on any atom is -0.383 e. The molecule has 144 valence electrons. The summed E-state index contributed by atoms with van der Waals surface area (Å²) in [5, 5.41) is 3.10. The van der Waals surface area contributed by atoms with Gasteiger partial charge in [-0.3, -0.25) is 14.6 Å². The number of nitrogens with zero attached hydrogens (tertiary/aromatic N) is 2. The van der Waals surface area contributed by atoms with Gasteiger partial charge in [0, 0.05) is 45.5 Å². The lowest BCUT2D eigenvalue weighted by atomic mass is 10.0. The minimum atomic E-state index is -0.280. The first kappa shape index (κ1) is 19.5. The molecule has 1 atom stereocenters. The van der Waals surface area contributed by atoms with Gasteiger partial charge in [-0.2, -0.15) is 0 Å². The maximum absolute atomic E-state index is 13.2. The van der Waals surface area contributed by atoms with E-state index in [1.54, 1.807) is 7.11 Å². The number of anilines is 1. The van der Waals surface area contributed by atoms with Crippen molar-refractivity contribution in [2.75, 3.05) is 51.8 Å². The van der Waals surface area contributed by atoms with Crippen LogP contribution >= 0.6 is 0 Å². The van der Waals surface area contributed by atoms with Crippen LogP contribution in [0.5, 0.6) is 0 Å². The van der Waals surface area contributed by atoms with Gasteiger partial charge in [0.25, 0.3) is 0 Å². The fourth-order valence-corrected chi connectivity index (χ4v) is 3.48. The van der Waals surface area contributed by atoms with Gasteiger partial charge in [-0.1, -0.05) is 48.0 Å². The van der Waals surface area contributed by atoms with Gasteiger partial charge in [-0.05, 0) is 24.6 Å². The van der Waals surface area contributed by atoms with Crippen LogP contribution in [-0.4, -0.2) is 62.1 Å². The average Bonchev–Trinajstić information content (AvgIpc) is 2.70. The Morgan fingerprint density at radius 3 is 2.33 bits per heavy atom. The van der Waals surface area contributed by atoms with Gasteiger partial charge in [-0.15, -0.1) is 0 Å². The lowest BCUT2D eigenvalue weighted by Crippen LogP contribution is -2.50. The average molecular weight is 367 g/mol. The predicted octanol–water partition coefficient (Wildman–Crippen LogP) is 2.94. The second-order valence-electron chi connectivity index (χ2n) is 7.04. The second kappa shape index (κ2) is 9.65. The van der Waals surface area contributed by atoms with Crippen LogP contribution in [0.3, 0.4) is 0 Å². The van der Waals surface area contributed by atoms with E-state index in [-0.39, 0.29) is 11.9 Å². The largest absolute Gasteiger partial charge is 0.383 e. The van der Waals surface area contributed by atoms with Crippen molar-refractivity contribution in [3.8, 4) is 0 Å². The molecule has 0 aromatic heterocycles. The van der Waals surface area contributed by atoms with Gasteiger partial charge in [0.15, 0.2) is 0 Å². The summed E-state index contributed by atoms with van der Waals surface area (Å²) in [5.74, 6) is 0.0235. The number of piperazine rings is 1. The van der Waals surface area contributed by atoms with Crippen LogP contribution in [0.15, 0.2) is 54.6 Å². The summed E-state index contributed by atoms with van der Waals surface area (Å²) in [4.78, 5) is 17.8. The zero-order valence-corrected chi connectivity index (χ0v) is 16.2. The number of carbonyl (C=O) groups is 1. The molecule has 5 heteroatoms. The maximum Gasteiger partial charge on any atom is 0.246 e. The minimum absolute atomic E-state index is 0.0235. The second-order valence-corrected chi connectivity index (χ2v) is 7.04. The third-order valence-electron chi connectivity index (χ3n) is 5.07. The summed E-state index contributed by atoms with van der Waals surface area (Å²) in [7, 11) is 1.73. The molecule has 1 aliphatic rings. The number of rotatable bonds is 7. The number of hydrogen-bond acceptors (Lipinski definition) is 4. The first-order valence-electron chi connectivity index (χ1n) is 9.55. The van der Waals surface area contributed by atoms with E-state index in [0.717, 1.165) is 50.6 Å². The standard InChI is InChI=1S/C22H29N3O2/c1-18-8-10-20(11-9-18)23-22(26)21(19-6-4-3-5-7-19)25-14-12-24(13-15-25)16-17-27-2/h3-11,21H,12-17H2,1-2H3,(H,23,26)/t21-/m1/s1. The Kier molecular flexibility index (Phi) is 6.98. The molecule has 0 bridgehead atoms. The number of methoxy groups -OCH3 is 1. The molecule has 0 saturated carbocycles. The number of carbonyl (C=O) groups excluding carboxylic acids is 1. The van der Waals surface area contributed by atoms with E-state index >= 15 is 0 Å². The smallest absolute Gasteiger partial charge is 0.246 e. The first-order chi connectivity index (χ1) is 13.2. The zero-order valence-electron chi connectivity index (χ0n) is 16.2. The Morgan fingerprint density at radius 2 is 1.70 bits per heavy atom. The Morgan fingerprint density at radius 1 is 1.04 bits per heavy atom. The first-order valence-corrected chi connectivity index (χ1v) is 9.55. The van der Waals surface area contributed by atoms with E-state index in [0.29, 0.717) is 0 Å². The molecule has 1 aliphatic heterocycles. The van der Waals surface area contributed by atoms with Crippen LogP contribution in [0.4, 0.5) is 5.69 Å². The number of aryl methyl sites for hydroxylation is 1. The Labute approximate surface area is 161 Å². The molecule has 0 radical (unpaired) electrons. The third-order valence-corrected chi connectivity index (χ3v) is 5.07. The number of ether oxygens (including phenoxy) is 1. The Bertz CT molecular complexity index is 710. The molecule has 1 N–H and O–H groups in total. The van der Waals surface area contributed by atoms with Gasteiger partial charge < -0.3 is 10.1 Å². The van der Waals surface area contributed by atoms with Gasteiger partial charge in [-0.25, -0.2) is 0 Å². The molecule has 2 aromatic rings. The lowest BCUT2D eigenvalue weighted by molar-refractivity contribution is -0.122. The van der Waals surface area contributed by atoms with E-state index in [9.17, 15) is 4.79 Å². The van der Waals surface area contributed by atoms with E-state index in [1.165, 1.54) is 5.56 Å². The summed E-state index contributed by atoms with van der Waals surface area (Å²) in [6.45, 7) is 7.36. The Balaban J connectivity index is 1.72. The number of benzene rings is 2. The van der Waals surface area contributed by atoms with Gasteiger partial charge in [0.05, 0.1) is 6.61 Å². The lowest BCUT2D eigenvalue weighted by Gasteiger charge is -2.38. The quantitative estimate of drug-likeness (QED) is 0.817. The summed E-state index contributed by atoms with van der Waals surface area (Å²) < 4.78 is 5.18. The van der Waals surface area contributed by atoms with Crippen LogP contribution in [0, 0.1) is 6.92 Å². The van der Waals surface area contributed by atoms with Crippen molar-refractivity contribution >= 4 is 11.6 Å². The van der Waals surface area contributed by atoms with E-state index in [1.807, 2.05) is 61.5 Å². The molecule has 1 amide bonds. The third kappa shape index (κ3) is 5.39. The van der Waals surface area contributed by atoms with Crippen LogP contribution in [0.2, 0.25) is 0 Å². The molecule has 1 fully saturated rings. The monoisotopic (exact) mass is 367 g/mol. The van der Waals surface area contributed by atoms with Gasteiger partial charge in [0.2, 0.25) is 5.91 Å². The van der Waals surface area contributed by atoms with Crippen LogP contribution in [0.25, 0.3) is 0 Å². The molecule has 0 aliphatic carbocycles. The number of hydrogen-bond donors (Lipinski definition) is 1. The van der Waals surface area contributed by atoms with E-state index in [4.69, 9.17) is 4.74 Å². The van der Waals surface area contributed by atoms with Crippen molar-refractivity contribution in [1.82, 2.24) is 9.80 Å².